The average molecular weight is 347 g/mol. The van der Waals surface area contributed by atoms with Crippen molar-refractivity contribution in [3.8, 4) is 11.1 Å². The SMILES string of the molecule is Nc1noc(CC2CC3CCC2C3)c1-c1cccc(Br)c1. The van der Waals surface area contributed by atoms with Crippen molar-refractivity contribution in [3.05, 3.63) is 34.5 Å². The molecule has 2 bridgehead atoms. The summed E-state index contributed by atoms with van der Waals surface area (Å²) in [5.74, 6) is 4.06. The molecule has 21 heavy (non-hydrogen) atoms. The minimum atomic E-state index is 0.506. The van der Waals surface area contributed by atoms with Gasteiger partial charge in [-0.15, -0.1) is 0 Å². The first-order valence-corrected chi connectivity index (χ1v) is 8.50. The quantitative estimate of drug-likeness (QED) is 0.878. The number of hydrogen-bond donors (Lipinski definition) is 1. The number of hydrogen-bond acceptors (Lipinski definition) is 3. The van der Waals surface area contributed by atoms with Gasteiger partial charge in [-0.05, 0) is 54.7 Å². The normalized spacial score (nSPS) is 27.4. The molecule has 3 nitrogen and oxygen atoms in total. The van der Waals surface area contributed by atoms with Crippen molar-refractivity contribution in [2.75, 3.05) is 5.73 Å². The lowest BCUT2D eigenvalue weighted by Crippen LogP contribution is -2.13. The van der Waals surface area contributed by atoms with Crippen LogP contribution in [0.15, 0.2) is 33.3 Å². The molecule has 4 heteroatoms. The zero-order chi connectivity index (χ0) is 14.4. The Labute approximate surface area is 133 Å². The Bertz CT molecular complexity index is 667. The second kappa shape index (κ2) is 5.16. The van der Waals surface area contributed by atoms with E-state index < -0.39 is 0 Å². The third-order valence-electron chi connectivity index (χ3n) is 5.23. The number of benzene rings is 1. The summed E-state index contributed by atoms with van der Waals surface area (Å²) in [5.41, 5.74) is 8.12. The second-order valence-corrected chi connectivity index (χ2v) is 7.43. The molecule has 2 aromatic rings. The van der Waals surface area contributed by atoms with Crippen molar-refractivity contribution in [2.24, 2.45) is 17.8 Å². The molecule has 4 rings (SSSR count). The van der Waals surface area contributed by atoms with Crippen molar-refractivity contribution in [1.29, 1.82) is 0 Å². The molecule has 3 atom stereocenters. The summed E-state index contributed by atoms with van der Waals surface area (Å²) in [6, 6.07) is 8.18. The maximum absolute atomic E-state index is 6.05. The lowest BCUT2D eigenvalue weighted by Gasteiger charge is -2.20. The maximum atomic E-state index is 6.05. The van der Waals surface area contributed by atoms with Gasteiger partial charge in [0, 0.05) is 10.9 Å². The van der Waals surface area contributed by atoms with Gasteiger partial charge >= 0.3 is 0 Å². The fourth-order valence-electron chi connectivity index (χ4n) is 4.30. The van der Waals surface area contributed by atoms with Crippen LogP contribution in [0.3, 0.4) is 0 Å². The third kappa shape index (κ3) is 2.39. The molecule has 110 valence electrons. The monoisotopic (exact) mass is 346 g/mol. The number of aromatic nitrogens is 1. The van der Waals surface area contributed by atoms with Gasteiger partial charge < -0.3 is 10.3 Å². The minimum absolute atomic E-state index is 0.506. The molecule has 0 radical (unpaired) electrons. The van der Waals surface area contributed by atoms with Crippen molar-refractivity contribution in [1.82, 2.24) is 5.16 Å². The molecule has 2 fully saturated rings. The molecule has 3 unspecified atom stereocenters. The van der Waals surface area contributed by atoms with Crippen LogP contribution in [0.5, 0.6) is 0 Å². The van der Waals surface area contributed by atoms with Crippen molar-refractivity contribution >= 4 is 21.7 Å². The Morgan fingerprint density at radius 3 is 2.90 bits per heavy atom. The van der Waals surface area contributed by atoms with Crippen LogP contribution in [0.1, 0.15) is 31.4 Å². The molecule has 1 aromatic heterocycles. The fourth-order valence-corrected chi connectivity index (χ4v) is 4.69. The highest BCUT2D eigenvalue weighted by Crippen LogP contribution is 2.50. The van der Waals surface area contributed by atoms with Crippen molar-refractivity contribution in [2.45, 2.75) is 32.1 Å². The van der Waals surface area contributed by atoms with Crippen molar-refractivity contribution in [3.63, 3.8) is 0 Å². The Hall–Kier alpha value is -1.29. The first kappa shape index (κ1) is 13.4. The van der Waals surface area contributed by atoms with Gasteiger partial charge in [-0.25, -0.2) is 0 Å². The van der Waals surface area contributed by atoms with Gasteiger partial charge in [-0.3, -0.25) is 0 Å². The summed E-state index contributed by atoms with van der Waals surface area (Å²) < 4.78 is 6.62. The Morgan fingerprint density at radius 1 is 1.29 bits per heavy atom. The standard InChI is InChI=1S/C17H19BrN2O/c18-14-3-1-2-12(8-14)16-15(21-20-17(16)19)9-13-7-10-4-5-11(13)6-10/h1-3,8,10-11,13H,4-7,9H2,(H2,19,20). The van der Waals surface area contributed by atoms with E-state index in [0.29, 0.717) is 5.82 Å². The van der Waals surface area contributed by atoms with E-state index in [0.717, 1.165) is 45.5 Å². The number of nitrogens with two attached hydrogens (primary N) is 1. The highest BCUT2D eigenvalue weighted by Gasteiger charge is 2.40. The van der Waals surface area contributed by atoms with E-state index in [-0.39, 0.29) is 0 Å². The van der Waals surface area contributed by atoms with E-state index in [4.69, 9.17) is 10.3 Å². The summed E-state index contributed by atoms with van der Waals surface area (Å²) in [7, 11) is 0. The average Bonchev–Trinajstić information content (AvgIpc) is 3.15. The van der Waals surface area contributed by atoms with E-state index in [1.54, 1.807) is 0 Å². The summed E-state index contributed by atoms with van der Waals surface area (Å²) >= 11 is 3.52. The molecule has 2 aliphatic rings. The number of nitrogens with zero attached hydrogens (tertiary/aromatic N) is 1. The van der Waals surface area contributed by atoms with Crippen LogP contribution in [0, 0.1) is 17.8 Å². The fraction of sp³-hybridized carbons (Fsp3) is 0.471. The van der Waals surface area contributed by atoms with E-state index >= 15 is 0 Å². The summed E-state index contributed by atoms with van der Waals surface area (Å²) in [6.07, 6.45) is 6.57. The zero-order valence-electron chi connectivity index (χ0n) is 11.9. The molecule has 0 saturated heterocycles. The molecule has 0 spiro atoms. The van der Waals surface area contributed by atoms with Gasteiger partial charge in [0.25, 0.3) is 0 Å². The number of anilines is 1. The highest BCUT2D eigenvalue weighted by molar-refractivity contribution is 9.10. The maximum Gasteiger partial charge on any atom is 0.175 e. The van der Waals surface area contributed by atoms with Crippen LogP contribution in [-0.2, 0) is 6.42 Å². The van der Waals surface area contributed by atoms with Crippen LogP contribution in [-0.4, -0.2) is 5.16 Å². The molecule has 2 aliphatic carbocycles. The van der Waals surface area contributed by atoms with Gasteiger partial charge in [-0.1, -0.05) is 39.6 Å². The minimum Gasteiger partial charge on any atom is -0.380 e. The number of fused-ring (bicyclic) bond motifs is 2. The number of nitrogen functional groups attached to an aromatic ring is 1. The molecule has 2 saturated carbocycles. The zero-order valence-corrected chi connectivity index (χ0v) is 13.5. The summed E-state index contributed by atoms with van der Waals surface area (Å²) in [6.45, 7) is 0. The molecule has 2 N–H and O–H groups in total. The topological polar surface area (TPSA) is 52.0 Å². The Balaban J connectivity index is 1.64. The largest absolute Gasteiger partial charge is 0.380 e. The molecular weight excluding hydrogens is 328 g/mol. The van der Waals surface area contributed by atoms with E-state index in [9.17, 15) is 0 Å². The van der Waals surface area contributed by atoms with Crippen LogP contribution in [0.2, 0.25) is 0 Å². The van der Waals surface area contributed by atoms with Gasteiger partial charge in [-0.2, -0.15) is 0 Å². The molecule has 0 amide bonds. The third-order valence-corrected chi connectivity index (χ3v) is 5.73. The van der Waals surface area contributed by atoms with Gasteiger partial charge in [0.15, 0.2) is 5.82 Å². The van der Waals surface area contributed by atoms with Crippen LogP contribution >= 0.6 is 15.9 Å². The smallest absolute Gasteiger partial charge is 0.175 e. The summed E-state index contributed by atoms with van der Waals surface area (Å²) in [5, 5.41) is 4.01. The highest BCUT2D eigenvalue weighted by atomic mass is 79.9. The van der Waals surface area contributed by atoms with Gasteiger partial charge in [0.1, 0.15) is 5.76 Å². The predicted molar refractivity (Wildman–Crippen MR) is 86.7 cm³/mol. The van der Waals surface area contributed by atoms with Crippen LogP contribution in [0.4, 0.5) is 5.82 Å². The van der Waals surface area contributed by atoms with Gasteiger partial charge in [0.2, 0.25) is 0 Å². The Kier molecular flexibility index (Phi) is 3.29. The Morgan fingerprint density at radius 2 is 2.19 bits per heavy atom. The lowest BCUT2D eigenvalue weighted by atomic mass is 9.85. The number of halogens is 1. The van der Waals surface area contributed by atoms with Crippen LogP contribution in [0.25, 0.3) is 11.1 Å². The van der Waals surface area contributed by atoms with Crippen molar-refractivity contribution < 1.29 is 4.52 Å². The first-order chi connectivity index (χ1) is 10.2. The van der Waals surface area contributed by atoms with E-state index in [2.05, 4.69) is 33.2 Å². The lowest BCUT2D eigenvalue weighted by molar-refractivity contribution is 0.294. The summed E-state index contributed by atoms with van der Waals surface area (Å²) in [4.78, 5) is 0. The molecule has 0 aliphatic heterocycles. The van der Waals surface area contributed by atoms with Crippen LogP contribution < -0.4 is 5.73 Å². The molecule has 1 heterocycles. The van der Waals surface area contributed by atoms with E-state index in [1.165, 1.54) is 25.7 Å². The van der Waals surface area contributed by atoms with E-state index in [1.807, 2.05) is 12.1 Å². The molecular formula is C17H19BrN2O. The number of rotatable bonds is 3. The first-order valence-electron chi connectivity index (χ1n) is 7.70. The predicted octanol–water partition coefficient (Wildman–Crippen LogP) is 4.67. The van der Waals surface area contributed by atoms with Gasteiger partial charge in [0.05, 0.1) is 5.56 Å². The second-order valence-electron chi connectivity index (χ2n) is 6.52. The molecule has 1 aromatic carbocycles.